The average molecular weight is 273 g/mol. The lowest BCUT2D eigenvalue weighted by Crippen LogP contribution is -2.45. The Morgan fingerprint density at radius 2 is 1.95 bits per heavy atom. The van der Waals surface area contributed by atoms with Gasteiger partial charge in [-0.1, -0.05) is 13.3 Å². The topological polar surface area (TPSA) is 81.7 Å². The minimum Gasteiger partial charge on any atom is -0.481 e. The molecule has 6 heteroatoms. The van der Waals surface area contributed by atoms with Gasteiger partial charge in [0.15, 0.2) is 0 Å². The SMILES string of the molecule is CCCC(CC(=O)O)NC(=O)NCCN(C)C(C)C. The molecule has 0 aliphatic heterocycles. The van der Waals surface area contributed by atoms with E-state index in [0.717, 1.165) is 13.0 Å². The molecule has 1 unspecified atom stereocenters. The summed E-state index contributed by atoms with van der Waals surface area (Å²) in [6.45, 7) is 7.45. The zero-order chi connectivity index (χ0) is 14.8. The highest BCUT2D eigenvalue weighted by atomic mass is 16.4. The van der Waals surface area contributed by atoms with Crippen LogP contribution in [-0.4, -0.2) is 54.2 Å². The third-order valence-corrected chi connectivity index (χ3v) is 3.02. The van der Waals surface area contributed by atoms with Crippen molar-refractivity contribution < 1.29 is 14.7 Å². The van der Waals surface area contributed by atoms with Crippen molar-refractivity contribution in [3.8, 4) is 0 Å². The van der Waals surface area contributed by atoms with Crippen molar-refractivity contribution in [2.75, 3.05) is 20.1 Å². The van der Waals surface area contributed by atoms with Gasteiger partial charge >= 0.3 is 12.0 Å². The lowest BCUT2D eigenvalue weighted by Gasteiger charge is -2.21. The van der Waals surface area contributed by atoms with Gasteiger partial charge in [0.05, 0.1) is 6.42 Å². The Morgan fingerprint density at radius 3 is 2.42 bits per heavy atom. The number of carboxylic acid groups (broad SMARTS) is 1. The molecular formula is C13H27N3O3. The molecule has 0 saturated heterocycles. The van der Waals surface area contributed by atoms with Crippen LogP contribution in [0.1, 0.15) is 40.0 Å². The molecule has 0 rings (SSSR count). The molecule has 0 radical (unpaired) electrons. The van der Waals surface area contributed by atoms with Crippen molar-refractivity contribution in [3.63, 3.8) is 0 Å². The molecule has 0 aromatic carbocycles. The van der Waals surface area contributed by atoms with Crippen molar-refractivity contribution in [1.82, 2.24) is 15.5 Å². The highest BCUT2D eigenvalue weighted by Gasteiger charge is 2.14. The predicted octanol–water partition coefficient (Wildman–Crippen LogP) is 1.27. The van der Waals surface area contributed by atoms with E-state index in [1.807, 2.05) is 14.0 Å². The summed E-state index contributed by atoms with van der Waals surface area (Å²) in [4.78, 5) is 24.4. The number of hydrogen-bond donors (Lipinski definition) is 3. The van der Waals surface area contributed by atoms with Crippen LogP contribution in [0.25, 0.3) is 0 Å². The largest absolute Gasteiger partial charge is 0.481 e. The lowest BCUT2D eigenvalue weighted by atomic mass is 10.1. The molecule has 0 heterocycles. The zero-order valence-corrected chi connectivity index (χ0v) is 12.4. The number of rotatable bonds is 9. The normalized spacial score (nSPS) is 12.5. The summed E-state index contributed by atoms with van der Waals surface area (Å²) < 4.78 is 0. The maximum Gasteiger partial charge on any atom is 0.315 e. The van der Waals surface area contributed by atoms with Crippen molar-refractivity contribution in [3.05, 3.63) is 0 Å². The van der Waals surface area contributed by atoms with Gasteiger partial charge in [0.25, 0.3) is 0 Å². The second-order valence-electron chi connectivity index (χ2n) is 5.06. The number of nitrogens with one attached hydrogen (secondary N) is 2. The van der Waals surface area contributed by atoms with Crippen LogP contribution < -0.4 is 10.6 Å². The molecule has 0 fully saturated rings. The van der Waals surface area contributed by atoms with Gasteiger partial charge in [-0.3, -0.25) is 4.79 Å². The highest BCUT2D eigenvalue weighted by Crippen LogP contribution is 2.01. The van der Waals surface area contributed by atoms with Gasteiger partial charge in [-0.25, -0.2) is 4.79 Å². The predicted molar refractivity (Wildman–Crippen MR) is 75.2 cm³/mol. The van der Waals surface area contributed by atoms with E-state index < -0.39 is 5.97 Å². The van der Waals surface area contributed by atoms with E-state index in [2.05, 4.69) is 29.4 Å². The molecule has 6 nitrogen and oxygen atoms in total. The lowest BCUT2D eigenvalue weighted by molar-refractivity contribution is -0.137. The summed E-state index contributed by atoms with van der Waals surface area (Å²) in [7, 11) is 1.99. The van der Waals surface area contributed by atoms with Crippen LogP contribution in [0.15, 0.2) is 0 Å². The van der Waals surface area contributed by atoms with Crippen molar-refractivity contribution in [1.29, 1.82) is 0 Å². The van der Waals surface area contributed by atoms with Gasteiger partial charge in [0.1, 0.15) is 0 Å². The first-order valence-corrected chi connectivity index (χ1v) is 6.83. The zero-order valence-electron chi connectivity index (χ0n) is 12.4. The Hall–Kier alpha value is -1.30. The van der Waals surface area contributed by atoms with E-state index >= 15 is 0 Å². The quantitative estimate of drug-likeness (QED) is 0.591. The molecule has 0 saturated carbocycles. The van der Waals surface area contributed by atoms with Gasteiger partial charge < -0.3 is 20.6 Å². The van der Waals surface area contributed by atoms with Gasteiger partial charge in [-0.2, -0.15) is 0 Å². The van der Waals surface area contributed by atoms with Gasteiger partial charge in [-0.15, -0.1) is 0 Å². The molecule has 3 N–H and O–H groups in total. The van der Waals surface area contributed by atoms with Crippen LogP contribution in [0, 0.1) is 0 Å². The molecule has 19 heavy (non-hydrogen) atoms. The van der Waals surface area contributed by atoms with E-state index in [4.69, 9.17) is 5.11 Å². The van der Waals surface area contributed by atoms with E-state index in [1.54, 1.807) is 0 Å². The number of hydrogen-bond acceptors (Lipinski definition) is 3. The summed E-state index contributed by atoms with van der Waals surface area (Å²) in [5.74, 6) is -0.890. The average Bonchev–Trinajstić information content (AvgIpc) is 2.27. The fourth-order valence-corrected chi connectivity index (χ4v) is 1.62. The van der Waals surface area contributed by atoms with E-state index in [-0.39, 0.29) is 18.5 Å². The van der Waals surface area contributed by atoms with Crippen LogP contribution in [0.4, 0.5) is 4.79 Å². The second kappa shape index (κ2) is 9.61. The first-order valence-electron chi connectivity index (χ1n) is 6.83. The number of carboxylic acids is 1. The first kappa shape index (κ1) is 17.7. The Bertz CT molecular complexity index is 282. The molecule has 112 valence electrons. The number of nitrogens with zero attached hydrogens (tertiary/aromatic N) is 1. The van der Waals surface area contributed by atoms with Gasteiger partial charge in [0.2, 0.25) is 0 Å². The molecule has 0 aromatic heterocycles. The minimum absolute atomic E-state index is 0.0346. The number of likely N-dealkylation sites (N-methyl/N-ethyl adjacent to an activating group) is 1. The number of urea groups is 1. The fraction of sp³-hybridized carbons (Fsp3) is 0.846. The Morgan fingerprint density at radius 1 is 1.32 bits per heavy atom. The summed E-state index contributed by atoms with van der Waals surface area (Å²) in [6.07, 6.45) is 1.48. The summed E-state index contributed by atoms with van der Waals surface area (Å²) >= 11 is 0. The summed E-state index contributed by atoms with van der Waals surface area (Å²) in [5.41, 5.74) is 0. The minimum atomic E-state index is -0.890. The number of carbonyl (C=O) groups excluding carboxylic acids is 1. The number of carbonyl (C=O) groups is 2. The van der Waals surface area contributed by atoms with Crippen LogP contribution in [0.2, 0.25) is 0 Å². The monoisotopic (exact) mass is 273 g/mol. The molecule has 0 aliphatic rings. The molecule has 0 bridgehead atoms. The van der Waals surface area contributed by atoms with Crippen molar-refractivity contribution in [2.45, 2.75) is 52.1 Å². The highest BCUT2D eigenvalue weighted by molar-refractivity contribution is 5.75. The Labute approximate surface area is 115 Å². The fourth-order valence-electron chi connectivity index (χ4n) is 1.62. The number of amides is 2. The molecule has 2 amide bonds. The van der Waals surface area contributed by atoms with Gasteiger partial charge in [-0.05, 0) is 27.3 Å². The van der Waals surface area contributed by atoms with Crippen LogP contribution in [0.3, 0.4) is 0 Å². The molecule has 1 atom stereocenters. The summed E-state index contributed by atoms with van der Waals surface area (Å²) in [5, 5.41) is 14.2. The van der Waals surface area contributed by atoms with Crippen molar-refractivity contribution in [2.24, 2.45) is 0 Å². The summed E-state index contributed by atoms with van der Waals surface area (Å²) in [6, 6.07) is -0.160. The van der Waals surface area contributed by atoms with Crippen LogP contribution in [0.5, 0.6) is 0 Å². The van der Waals surface area contributed by atoms with E-state index in [1.165, 1.54) is 0 Å². The molecule has 0 spiro atoms. The maximum absolute atomic E-state index is 11.6. The maximum atomic E-state index is 11.6. The first-order chi connectivity index (χ1) is 8.86. The van der Waals surface area contributed by atoms with E-state index in [9.17, 15) is 9.59 Å². The van der Waals surface area contributed by atoms with E-state index in [0.29, 0.717) is 19.0 Å². The van der Waals surface area contributed by atoms with Gasteiger partial charge in [0, 0.05) is 25.2 Å². The molecular weight excluding hydrogens is 246 g/mol. The molecule has 0 aromatic rings. The standard InChI is InChI=1S/C13H27N3O3/c1-5-6-11(9-12(17)18)15-13(19)14-7-8-16(4)10(2)3/h10-11H,5-9H2,1-4H3,(H,17,18)(H2,14,15,19). The van der Waals surface area contributed by atoms with Crippen LogP contribution in [-0.2, 0) is 4.79 Å². The molecule has 0 aliphatic carbocycles. The third-order valence-electron chi connectivity index (χ3n) is 3.02. The third kappa shape index (κ3) is 9.30. The number of aliphatic carboxylic acids is 1. The van der Waals surface area contributed by atoms with Crippen LogP contribution >= 0.6 is 0 Å². The second-order valence-corrected chi connectivity index (χ2v) is 5.06. The Kier molecular flexibility index (Phi) is 8.95. The smallest absolute Gasteiger partial charge is 0.315 e. The van der Waals surface area contributed by atoms with Crippen molar-refractivity contribution >= 4 is 12.0 Å². The Balaban J connectivity index is 3.95.